The van der Waals surface area contributed by atoms with Crippen LogP contribution >= 0.6 is 11.6 Å². The number of likely N-dealkylation sites (N-methyl/N-ethyl adjacent to an activating group) is 1. The van der Waals surface area contributed by atoms with E-state index < -0.39 is 26.8 Å². The first kappa shape index (κ1) is 36.3. The van der Waals surface area contributed by atoms with Crippen LogP contribution in [-0.4, -0.2) is 81.6 Å². The number of aryl methyl sites for hydroxylation is 1. The van der Waals surface area contributed by atoms with Crippen LogP contribution in [0.1, 0.15) is 67.4 Å². The topological polar surface area (TPSA) is 145 Å². The number of benzene rings is 2. The number of carbonyl (C=O) groups is 2. The van der Waals surface area contributed by atoms with E-state index in [0.29, 0.717) is 61.8 Å². The van der Waals surface area contributed by atoms with Gasteiger partial charge in [-0.25, -0.2) is 13.1 Å². The molecule has 2 aliphatic heterocycles. The molecule has 2 aromatic carbocycles. The fourth-order valence-corrected chi connectivity index (χ4v) is 9.03. The van der Waals surface area contributed by atoms with Gasteiger partial charge >= 0.3 is 0 Å². The van der Waals surface area contributed by atoms with Crippen LogP contribution in [0.25, 0.3) is 0 Å². The average molecular weight is 702 g/mol. The number of rotatable bonds is 3. The van der Waals surface area contributed by atoms with Crippen molar-refractivity contribution in [3.63, 3.8) is 0 Å². The molecular weight excluding hydrogens is 654 g/mol. The molecule has 1 amide bonds. The summed E-state index contributed by atoms with van der Waals surface area (Å²) in [5.41, 5.74) is 1.35. The van der Waals surface area contributed by atoms with Gasteiger partial charge in [0.2, 0.25) is 10.0 Å². The van der Waals surface area contributed by atoms with Gasteiger partial charge in [-0.05, 0) is 112 Å². The Morgan fingerprint density at radius 2 is 1.98 bits per heavy atom. The van der Waals surface area contributed by atoms with Crippen molar-refractivity contribution in [2.45, 2.75) is 68.6 Å². The molecule has 1 spiro atoms. The Bertz CT molecular complexity index is 1630. The number of aliphatic hydroxyl groups excluding tert-OH is 1. The highest BCUT2D eigenvalue weighted by Crippen LogP contribution is 2.48. The molecule has 6 rings (SSSR count). The van der Waals surface area contributed by atoms with Gasteiger partial charge in [-0.1, -0.05) is 30.7 Å². The second kappa shape index (κ2) is 14.9. The molecule has 0 radical (unpaired) electrons. The maximum absolute atomic E-state index is 13.3. The van der Waals surface area contributed by atoms with E-state index in [9.17, 15) is 23.1 Å². The molecule has 4 N–H and O–H groups in total. The van der Waals surface area contributed by atoms with Crippen LogP contribution in [-0.2, 0) is 26.7 Å². The molecule has 48 heavy (non-hydrogen) atoms. The predicted molar refractivity (Wildman–Crippen MR) is 187 cm³/mol. The number of nitrogens with one attached hydrogen (secondary N) is 2. The highest BCUT2D eigenvalue weighted by Gasteiger charge is 2.48. The largest absolute Gasteiger partial charge is 0.490 e. The van der Waals surface area contributed by atoms with Crippen LogP contribution in [0, 0.1) is 17.8 Å². The Hall–Kier alpha value is -2.96. The lowest BCUT2D eigenvalue weighted by Gasteiger charge is -2.47. The Balaban J connectivity index is 0.000000840. The molecule has 10 nitrogen and oxygen atoms in total. The standard InChI is InChI=1S/C33H39ClN2O6S.C3H9NO/c1-21-5-3-14-33(39,19-37)28-10-7-25(28)17-36-18-32(13-4-6-23-15-26(34)9-11-27(23)32)20-42-30-12-8-24(16-29(30)36)31(38)35-43(40,41)22(21)2;1-4-2-3-5/h3,8-9,11-12,14-16,19,21-22,25,28,39H,4-7,10,13,17-18,20H2,1-2H3,(H,35,38);4-5H,2-3H2,1H3/b14-3+;/t21-,22+,25-,28+,32-,33-;/m0./s1. The van der Waals surface area contributed by atoms with Crippen LogP contribution in [0.15, 0.2) is 48.6 Å². The maximum Gasteiger partial charge on any atom is 0.264 e. The van der Waals surface area contributed by atoms with Crippen molar-refractivity contribution in [1.29, 1.82) is 0 Å². The summed E-state index contributed by atoms with van der Waals surface area (Å²) in [6.45, 7) is 5.86. The van der Waals surface area contributed by atoms with Gasteiger partial charge in [0.15, 0.2) is 6.29 Å². The van der Waals surface area contributed by atoms with E-state index in [1.165, 1.54) is 17.2 Å². The quantitative estimate of drug-likeness (QED) is 0.276. The third kappa shape index (κ3) is 7.45. The van der Waals surface area contributed by atoms with E-state index in [1.807, 2.05) is 12.1 Å². The number of anilines is 1. The molecule has 262 valence electrons. The minimum absolute atomic E-state index is 0.0262. The summed E-state index contributed by atoms with van der Waals surface area (Å²) in [6.07, 6.45) is 8.57. The van der Waals surface area contributed by atoms with E-state index in [1.54, 1.807) is 45.2 Å². The predicted octanol–water partition coefficient (Wildman–Crippen LogP) is 4.01. The molecule has 1 fully saturated rings. The maximum atomic E-state index is 13.3. The number of fused-ring (bicyclic) bond motifs is 4. The zero-order valence-electron chi connectivity index (χ0n) is 28.0. The third-order valence-corrected chi connectivity index (χ3v) is 12.9. The third-order valence-electron chi connectivity index (χ3n) is 10.7. The number of aldehydes is 1. The van der Waals surface area contributed by atoms with Gasteiger partial charge < -0.3 is 25.2 Å². The van der Waals surface area contributed by atoms with E-state index in [-0.39, 0.29) is 35.3 Å². The highest BCUT2D eigenvalue weighted by molar-refractivity contribution is 7.90. The molecule has 2 aliphatic carbocycles. The Morgan fingerprint density at radius 3 is 2.65 bits per heavy atom. The summed E-state index contributed by atoms with van der Waals surface area (Å²) in [6, 6.07) is 11.1. The van der Waals surface area contributed by atoms with Gasteiger partial charge in [-0.2, -0.15) is 0 Å². The van der Waals surface area contributed by atoms with Gasteiger partial charge in [0.05, 0.1) is 24.2 Å². The second-order valence-electron chi connectivity index (χ2n) is 13.9. The first-order chi connectivity index (χ1) is 22.9. The smallest absolute Gasteiger partial charge is 0.264 e. The zero-order chi connectivity index (χ0) is 34.7. The van der Waals surface area contributed by atoms with Crippen molar-refractivity contribution >= 4 is 39.5 Å². The van der Waals surface area contributed by atoms with Crippen molar-refractivity contribution in [2.75, 3.05) is 44.8 Å². The SMILES string of the molecule is CNCCO.C[C@@H]1[C@@H](C)C/C=C/[C@](O)(C=O)[C@@H]2CC[C@H]2CN2C[C@@]3(CCCc4cc(Cl)ccc43)COc3ccc(cc32)C(=O)NS1(=O)=O. The minimum atomic E-state index is -4.00. The normalized spacial score (nSPS) is 31.7. The number of amides is 1. The molecule has 2 heterocycles. The van der Waals surface area contributed by atoms with Crippen molar-refractivity contribution in [2.24, 2.45) is 17.8 Å². The van der Waals surface area contributed by atoms with Gasteiger partial charge in [0, 0.05) is 41.6 Å². The molecule has 2 aromatic rings. The van der Waals surface area contributed by atoms with Crippen LogP contribution in [0.2, 0.25) is 5.02 Å². The number of ether oxygens (including phenoxy) is 1. The van der Waals surface area contributed by atoms with E-state index >= 15 is 0 Å². The molecule has 4 aliphatic rings. The van der Waals surface area contributed by atoms with Gasteiger partial charge in [0.25, 0.3) is 5.91 Å². The molecule has 2 bridgehead atoms. The lowest BCUT2D eigenvalue weighted by Crippen LogP contribution is -2.53. The molecule has 1 saturated carbocycles. The zero-order valence-corrected chi connectivity index (χ0v) is 29.5. The van der Waals surface area contributed by atoms with Crippen molar-refractivity contribution in [3.05, 3.63) is 70.3 Å². The van der Waals surface area contributed by atoms with E-state index in [2.05, 4.69) is 21.0 Å². The van der Waals surface area contributed by atoms with E-state index in [4.69, 9.17) is 21.4 Å². The van der Waals surface area contributed by atoms with Crippen LogP contribution in [0.5, 0.6) is 5.75 Å². The number of allylic oxidation sites excluding steroid dienone is 1. The molecule has 0 unspecified atom stereocenters. The fourth-order valence-electron chi connectivity index (χ4n) is 7.55. The van der Waals surface area contributed by atoms with Crippen LogP contribution in [0.3, 0.4) is 0 Å². The van der Waals surface area contributed by atoms with Gasteiger partial charge in [0.1, 0.15) is 11.4 Å². The lowest BCUT2D eigenvalue weighted by atomic mass is 9.64. The molecule has 12 heteroatoms. The molecule has 0 saturated heterocycles. The Labute approximate surface area is 288 Å². The monoisotopic (exact) mass is 701 g/mol. The van der Waals surface area contributed by atoms with E-state index in [0.717, 1.165) is 25.7 Å². The summed E-state index contributed by atoms with van der Waals surface area (Å²) in [5.74, 6) is -0.681. The summed E-state index contributed by atoms with van der Waals surface area (Å²) in [7, 11) is -2.20. The second-order valence-corrected chi connectivity index (χ2v) is 16.3. The number of hydrogen-bond acceptors (Lipinski definition) is 9. The molecule has 6 atom stereocenters. The molecular formula is C36H48ClN3O7S. The Kier molecular flexibility index (Phi) is 11.3. The van der Waals surface area contributed by atoms with Gasteiger partial charge in [-0.3, -0.25) is 9.59 Å². The number of hydrogen-bond donors (Lipinski definition) is 4. The van der Waals surface area contributed by atoms with Crippen molar-refractivity contribution in [1.82, 2.24) is 10.0 Å². The first-order valence-corrected chi connectivity index (χ1v) is 18.8. The lowest BCUT2D eigenvalue weighted by molar-refractivity contribution is -0.130. The van der Waals surface area contributed by atoms with Crippen LogP contribution in [0.4, 0.5) is 5.69 Å². The number of nitrogens with zero attached hydrogens (tertiary/aromatic N) is 1. The summed E-state index contributed by atoms with van der Waals surface area (Å²) >= 11 is 6.38. The number of aliphatic hydroxyl groups is 2. The fraction of sp³-hybridized carbons (Fsp3) is 0.556. The number of halogens is 1. The molecule has 0 aromatic heterocycles. The first-order valence-electron chi connectivity index (χ1n) is 16.8. The number of carbonyl (C=O) groups excluding carboxylic acids is 2. The summed E-state index contributed by atoms with van der Waals surface area (Å²) in [5, 5.41) is 22.1. The summed E-state index contributed by atoms with van der Waals surface area (Å²) in [4.78, 5) is 27.9. The summed E-state index contributed by atoms with van der Waals surface area (Å²) < 4.78 is 35.2. The number of sulfonamides is 1. The van der Waals surface area contributed by atoms with Gasteiger partial charge in [-0.15, -0.1) is 0 Å². The van der Waals surface area contributed by atoms with Crippen molar-refractivity contribution in [3.8, 4) is 5.75 Å². The van der Waals surface area contributed by atoms with Crippen molar-refractivity contribution < 1.29 is 33.0 Å². The highest BCUT2D eigenvalue weighted by atomic mass is 35.5. The minimum Gasteiger partial charge on any atom is -0.490 e. The average Bonchev–Trinajstić information content (AvgIpc) is 3.19. The Morgan fingerprint density at radius 1 is 1.19 bits per heavy atom. The van der Waals surface area contributed by atoms with Crippen LogP contribution < -0.4 is 19.7 Å².